The predicted octanol–water partition coefficient (Wildman–Crippen LogP) is 6.07. The summed E-state index contributed by atoms with van der Waals surface area (Å²) in [5, 5.41) is 13.6. The van der Waals surface area contributed by atoms with E-state index < -0.39 is 0 Å². The van der Waals surface area contributed by atoms with Gasteiger partial charge in [0.1, 0.15) is 6.61 Å². The summed E-state index contributed by atoms with van der Waals surface area (Å²) >= 11 is 1.29. The lowest BCUT2D eigenvalue weighted by molar-refractivity contribution is -0.118. The van der Waals surface area contributed by atoms with Crippen molar-refractivity contribution in [1.82, 2.24) is 20.2 Å². The summed E-state index contributed by atoms with van der Waals surface area (Å²) in [4.78, 5) is 12.6. The monoisotopic (exact) mass is 563 g/mol. The highest BCUT2D eigenvalue weighted by Crippen LogP contribution is 2.29. The van der Waals surface area contributed by atoms with Gasteiger partial charge in [-0.2, -0.15) is 5.10 Å². The van der Waals surface area contributed by atoms with Crippen molar-refractivity contribution >= 4 is 23.9 Å². The number of hydrogen-bond acceptors (Lipinski definition) is 7. The molecule has 1 aromatic heterocycles. The molecule has 0 aliphatic carbocycles. The van der Waals surface area contributed by atoms with Gasteiger partial charge in [-0.1, -0.05) is 90.1 Å². The number of aryl methyl sites for hydroxylation is 1. The molecule has 0 atom stereocenters. The number of methoxy groups -OCH3 is 1. The SMILES string of the molecule is COc1ccc(/C=N\NC(=O)CSc2nnc(-c3ccc(C)cc3)n2-c2ccccc2)cc1OCc1ccccc1. The quantitative estimate of drug-likeness (QED) is 0.119. The van der Waals surface area contributed by atoms with Crippen molar-refractivity contribution in [3.05, 3.63) is 120 Å². The van der Waals surface area contributed by atoms with Gasteiger partial charge in [-0.15, -0.1) is 10.2 Å². The lowest BCUT2D eigenvalue weighted by atomic mass is 10.1. The normalized spacial score (nSPS) is 11.0. The van der Waals surface area contributed by atoms with E-state index in [1.165, 1.54) is 11.8 Å². The predicted molar refractivity (Wildman–Crippen MR) is 162 cm³/mol. The highest BCUT2D eigenvalue weighted by atomic mass is 32.2. The van der Waals surface area contributed by atoms with Gasteiger partial charge in [0.05, 0.1) is 19.1 Å². The van der Waals surface area contributed by atoms with Crippen molar-refractivity contribution < 1.29 is 14.3 Å². The second-order valence-corrected chi connectivity index (χ2v) is 10.1. The standard InChI is InChI=1S/C32H29N5O3S/c1-23-13-16-26(17-14-23)31-35-36-32(37(31)27-11-7-4-8-12-27)41-22-30(38)34-33-20-25-15-18-28(39-2)29(19-25)40-21-24-9-5-3-6-10-24/h3-20H,21-22H2,1-2H3,(H,34,38)/b33-20-. The molecule has 0 radical (unpaired) electrons. The summed E-state index contributed by atoms with van der Waals surface area (Å²) in [6.45, 7) is 2.45. The molecule has 5 aromatic rings. The van der Waals surface area contributed by atoms with Crippen molar-refractivity contribution in [1.29, 1.82) is 0 Å². The molecule has 1 N–H and O–H groups in total. The zero-order chi connectivity index (χ0) is 28.4. The molecule has 0 unspecified atom stereocenters. The number of nitrogens with zero attached hydrogens (tertiary/aromatic N) is 4. The van der Waals surface area contributed by atoms with Crippen molar-refractivity contribution in [2.45, 2.75) is 18.7 Å². The molecule has 206 valence electrons. The summed E-state index contributed by atoms with van der Waals surface area (Å²) in [7, 11) is 1.60. The Hall–Kier alpha value is -4.89. The molecule has 0 aliphatic rings. The Bertz CT molecular complexity index is 1620. The zero-order valence-electron chi connectivity index (χ0n) is 22.7. The van der Waals surface area contributed by atoms with E-state index in [2.05, 4.69) is 20.7 Å². The fourth-order valence-corrected chi connectivity index (χ4v) is 4.77. The van der Waals surface area contributed by atoms with E-state index in [0.717, 1.165) is 27.9 Å². The first kappa shape index (κ1) is 27.7. The Kier molecular flexibility index (Phi) is 9.08. The van der Waals surface area contributed by atoms with Crippen LogP contribution >= 0.6 is 11.8 Å². The number of rotatable bonds is 11. The van der Waals surface area contributed by atoms with Crippen LogP contribution in [0.1, 0.15) is 16.7 Å². The van der Waals surface area contributed by atoms with Gasteiger partial charge < -0.3 is 9.47 Å². The maximum absolute atomic E-state index is 12.6. The van der Waals surface area contributed by atoms with Crippen LogP contribution in [0.15, 0.2) is 113 Å². The van der Waals surface area contributed by atoms with E-state index in [0.29, 0.717) is 29.1 Å². The van der Waals surface area contributed by atoms with E-state index in [1.54, 1.807) is 19.4 Å². The molecule has 0 fully saturated rings. The Morgan fingerprint density at radius 1 is 0.927 bits per heavy atom. The summed E-state index contributed by atoms with van der Waals surface area (Å²) in [5.74, 6) is 1.77. The smallest absolute Gasteiger partial charge is 0.250 e. The lowest BCUT2D eigenvalue weighted by Gasteiger charge is -2.11. The van der Waals surface area contributed by atoms with Crippen LogP contribution in [0.2, 0.25) is 0 Å². The van der Waals surface area contributed by atoms with Crippen molar-refractivity contribution in [2.24, 2.45) is 5.10 Å². The molecule has 8 nitrogen and oxygen atoms in total. The number of ether oxygens (including phenoxy) is 2. The number of hydrazone groups is 1. The number of carbonyl (C=O) groups is 1. The average molecular weight is 564 g/mol. The summed E-state index contributed by atoms with van der Waals surface area (Å²) in [6, 6.07) is 33.3. The third kappa shape index (κ3) is 7.20. The van der Waals surface area contributed by atoms with Gasteiger partial charge in [0.25, 0.3) is 5.91 Å². The Morgan fingerprint density at radius 2 is 1.66 bits per heavy atom. The van der Waals surface area contributed by atoms with Crippen molar-refractivity contribution in [2.75, 3.05) is 12.9 Å². The van der Waals surface area contributed by atoms with Crippen molar-refractivity contribution in [3.8, 4) is 28.6 Å². The number of carbonyl (C=O) groups excluding carboxylic acids is 1. The van der Waals surface area contributed by atoms with E-state index in [-0.39, 0.29) is 11.7 Å². The van der Waals surface area contributed by atoms with Gasteiger partial charge in [-0.25, -0.2) is 5.43 Å². The van der Waals surface area contributed by atoms with Crippen molar-refractivity contribution in [3.63, 3.8) is 0 Å². The summed E-state index contributed by atoms with van der Waals surface area (Å²) in [5.41, 5.74) is 7.42. The first-order valence-corrected chi connectivity index (χ1v) is 14.0. The van der Waals surface area contributed by atoms with E-state index in [1.807, 2.05) is 109 Å². The van der Waals surface area contributed by atoms with E-state index in [4.69, 9.17) is 9.47 Å². The Labute approximate surface area is 243 Å². The molecule has 0 aliphatic heterocycles. The topological polar surface area (TPSA) is 90.6 Å². The van der Waals surface area contributed by atoms with Gasteiger partial charge in [0.2, 0.25) is 0 Å². The maximum atomic E-state index is 12.6. The van der Waals surface area contributed by atoms with Crippen LogP contribution in [-0.2, 0) is 11.4 Å². The molecule has 0 saturated heterocycles. The van der Waals surface area contributed by atoms with Crippen LogP contribution in [0, 0.1) is 6.92 Å². The van der Waals surface area contributed by atoms with Gasteiger partial charge in [-0.05, 0) is 48.4 Å². The van der Waals surface area contributed by atoms with E-state index in [9.17, 15) is 4.79 Å². The second-order valence-electron chi connectivity index (χ2n) is 9.11. The molecule has 41 heavy (non-hydrogen) atoms. The first-order chi connectivity index (χ1) is 20.1. The number of para-hydroxylation sites is 1. The number of hydrogen-bond donors (Lipinski definition) is 1. The highest BCUT2D eigenvalue weighted by molar-refractivity contribution is 7.99. The molecule has 1 heterocycles. The van der Waals surface area contributed by atoms with Gasteiger partial charge in [-0.3, -0.25) is 9.36 Å². The first-order valence-electron chi connectivity index (χ1n) is 13.0. The van der Waals surface area contributed by atoms with Gasteiger partial charge in [0, 0.05) is 11.3 Å². The lowest BCUT2D eigenvalue weighted by Crippen LogP contribution is -2.20. The fourth-order valence-electron chi connectivity index (χ4n) is 4.03. The molecular weight excluding hydrogens is 534 g/mol. The Balaban J connectivity index is 1.23. The number of benzene rings is 4. The number of thioether (sulfide) groups is 1. The third-order valence-corrected chi connectivity index (χ3v) is 7.05. The molecule has 0 saturated carbocycles. The van der Waals surface area contributed by atoms with Gasteiger partial charge in [0.15, 0.2) is 22.5 Å². The molecule has 9 heteroatoms. The largest absolute Gasteiger partial charge is 0.493 e. The molecule has 0 spiro atoms. The second kappa shape index (κ2) is 13.5. The van der Waals surface area contributed by atoms with Crippen LogP contribution in [0.4, 0.5) is 0 Å². The van der Waals surface area contributed by atoms with Crippen LogP contribution in [0.25, 0.3) is 17.1 Å². The zero-order valence-corrected chi connectivity index (χ0v) is 23.5. The highest BCUT2D eigenvalue weighted by Gasteiger charge is 2.17. The van der Waals surface area contributed by atoms with E-state index >= 15 is 0 Å². The molecule has 4 aromatic carbocycles. The van der Waals surface area contributed by atoms with Crippen LogP contribution in [0.3, 0.4) is 0 Å². The maximum Gasteiger partial charge on any atom is 0.250 e. The van der Waals surface area contributed by atoms with Crippen LogP contribution in [-0.4, -0.2) is 39.7 Å². The molecule has 5 rings (SSSR count). The summed E-state index contributed by atoms with van der Waals surface area (Å²) < 4.78 is 13.4. The molecular formula is C32H29N5O3S. The fraction of sp³-hybridized carbons (Fsp3) is 0.125. The van der Waals surface area contributed by atoms with Crippen LogP contribution < -0.4 is 14.9 Å². The third-order valence-electron chi connectivity index (χ3n) is 6.12. The number of aromatic nitrogens is 3. The summed E-state index contributed by atoms with van der Waals surface area (Å²) in [6.07, 6.45) is 1.57. The minimum atomic E-state index is -0.264. The van der Waals surface area contributed by atoms with Gasteiger partial charge >= 0.3 is 0 Å². The minimum Gasteiger partial charge on any atom is -0.493 e. The number of amides is 1. The Morgan fingerprint density at radius 3 is 2.39 bits per heavy atom. The molecule has 1 amide bonds. The molecule has 0 bridgehead atoms. The average Bonchev–Trinajstić information content (AvgIpc) is 3.44. The minimum absolute atomic E-state index is 0.115. The number of nitrogens with one attached hydrogen (secondary N) is 1. The van der Waals surface area contributed by atoms with Crippen LogP contribution in [0.5, 0.6) is 11.5 Å².